The molecule has 1 amide bonds. The summed E-state index contributed by atoms with van der Waals surface area (Å²) in [5, 5.41) is 7.43. The molecule has 0 radical (unpaired) electrons. The average Bonchev–Trinajstić information content (AvgIpc) is 2.92. The molecule has 0 saturated carbocycles. The molecule has 134 valence electrons. The fourth-order valence-electron chi connectivity index (χ4n) is 2.94. The number of aromatic nitrogens is 2. The van der Waals surface area contributed by atoms with E-state index in [1.807, 2.05) is 81.6 Å². The molecule has 0 spiro atoms. The van der Waals surface area contributed by atoms with E-state index in [-0.39, 0.29) is 11.9 Å². The fraction of sp³-hybridized carbons (Fsp3) is 0.238. The lowest BCUT2D eigenvalue weighted by molar-refractivity contribution is 0.0920. The number of hydrogen-bond donors (Lipinski definition) is 1. The number of ether oxygens (including phenoxy) is 1. The van der Waals surface area contributed by atoms with Crippen LogP contribution in [0.1, 0.15) is 33.4 Å². The average molecular weight is 349 g/mol. The number of nitrogens with zero attached hydrogens (tertiary/aromatic N) is 2. The van der Waals surface area contributed by atoms with E-state index in [9.17, 15) is 4.79 Å². The van der Waals surface area contributed by atoms with Gasteiger partial charge in [-0.1, -0.05) is 48.5 Å². The number of rotatable bonds is 6. The SMILES string of the molecule is Cc1nn(C)c(C)c1C(=O)N[C@H](COc1ccccc1)c1ccccc1. The van der Waals surface area contributed by atoms with Gasteiger partial charge in [-0.15, -0.1) is 0 Å². The predicted octanol–water partition coefficient (Wildman–Crippen LogP) is 3.59. The second-order valence-corrected chi connectivity index (χ2v) is 6.23. The topological polar surface area (TPSA) is 56.2 Å². The lowest BCUT2D eigenvalue weighted by Gasteiger charge is -2.20. The van der Waals surface area contributed by atoms with Crippen LogP contribution in [0.3, 0.4) is 0 Å². The van der Waals surface area contributed by atoms with Crippen molar-refractivity contribution in [3.8, 4) is 5.75 Å². The highest BCUT2D eigenvalue weighted by Gasteiger charge is 2.22. The third kappa shape index (κ3) is 3.94. The third-order valence-corrected chi connectivity index (χ3v) is 4.40. The molecule has 3 rings (SSSR count). The normalized spacial score (nSPS) is 11.8. The van der Waals surface area contributed by atoms with Gasteiger partial charge in [-0.05, 0) is 31.5 Å². The van der Waals surface area contributed by atoms with Crippen LogP contribution in [0, 0.1) is 13.8 Å². The molecule has 0 fully saturated rings. The van der Waals surface area contributed by atoms with Crippen LogP contribution < -0.4 is 10.1 Å². The van der Waals surface area contributed by atoms with Crippen molar-refractivity contribution in [2.24, 2.45) is 7.05 Å². The number of para-hydroxylation sites is 1. The van der Waals surface area contributed by atoms with Gasteiger partial charge in [0.15, 0.2) is 0 Å². The maximum absolute atomic E-state index is 12.9. The van der Waals surface area contributed by atoms with Crippen LogP contribution in [0.15, 0.2) is 60.7 Å². The van der Waals surface area contributed by atoms with E-state index in [1.54, 1.807) is 4.68 Å². The maximum Gasteiger partial charge on any atom is 0.255 e. The molecule has 0 aliphatic carbocycles. The lowest BCUT2D eigenvalue weighted by Crippen LogP contribution is -2.33. The summed E-state index contributed by atoms with van der Waals surface area (Å²) in [6.07, 6.45) is 0. The van der Waals surface area contributed by atoms with Crippen LogP contribution in [-0.4, -0.2) is 22.3 Å². The Labute approximate surface area is 153 Å². The monoisotopic (exact) mass is 349 g/mol. The summed E-state index contributed by atoms with van der Waals surface area (Å²) < 4.78 is 7.61. The summed E-state index contributed by atoms with van der Waals surface area (Å²) in [5.74, 6) is 0.634. The first kappa shape index (κ1) is 17.7. The molecule has 0 bridgehead atoms. The van der Waals surface area contributed by atoms with E-state index < -0.39 is 0 Å². The molecule has 1 aromatic heterocycles. The van der Waals surface area contributed by atoms with Crippen molar-refractivity contribution in [1.29, 1.82) is 0 Å². The van der Waals surface area contributed by atoms with Gasteiger partial charge in [0.05, 0.1) is 17.3 Å². The molecule has 0 saturated heterocycles. The van der Waals surface area contributed by atoms with E-state index in [1.165, 1.54) is 0 Å². The molecular formula is C21H23N3O2. The van der Waals surface area contributed by atoms with Gasteiger partial charge in [-0.25, -0.2) is 0 Å². The Morgan fingerprint density at radius 1 is 1.08 bits per heavy atom. The molecule has 0 unspecified atom stereocenters. The minimum atomic E-state index is -0.261. The molecule has 5 heteroatoms. The van der Waals surface area contributed by atoms with Crippen LogP contribution in [-0.2, 0) is 7.05 Å². The molecule has 2 aromatic carbocycles. The number of benzene rings is 2. The molecule has 26 heavy (non-hydrogen) atoms. The molecule has 1 heterocycles. The largest absolute Gasteiger partial charge is 0.491 e. The van der Waals surface area contributed by atoms with Gasteiger partial charge < -0.3 is 10.1 Å². The number of hydrogen-bond acceptors (Lipinski definition) is 3. The zero-order valence-corrected chi connectivity index (χ0v) is 15.3. The Kier molecular flexibility index (Phi) is 5.37. The van der Waals surface area contributed by atoms with Crippen LogP contribution in [0.25, 0.3) is 0 Å². The van der Waals surface area contributed by atoms with Gasteiger partial charge in [-0.3, -0.25) is 9.48 Å². The van der Waals surface area contributed by atoms with Crippen molar-refractivity contribution in [2.45, 2.75) is 19.9 Å². The Balaban J connectivity index is 1.80. The van der Waals surface area contributed by atoms with Crippen LogP contribution in [0.2, 0.25) is 0 Å². The highest BCUT2D eigenvalue weighted by Crippen LogP contribution is 2.19. The first-order valence-corrected chi connectivity index (χ1v) is 8.60. The third-order valence-electron chi connectivity index (χ3n) is 4.40. The van der Waals surface area contributed by atoms with Crippen LogP contribution >= 0.6 is 0 Å². The van der Waals surface area contributed by atoms with Crippen molar-refractivity contribution < 1.29 is 9.53 Å². The highest BCUT2D eigenvalue weighted by atomic mass is 16.5. The van der Waals surface area contributed by atoms with Crippen molar-refractivity contribution in [2.75, 3.05) is 6.61 Å². The molecule has 0 aliphatic rings. The Morgan fingerprint density at radius 2 is 1.69 bits per heavy atom. The Morgan fingerprint density at radius 3 is 2.27 bits per heavy atom. The van der Waals surface area contributed by atoms with Gasteiger partial charge in [0.2, 0.25) is 0 Å². The summed E-state index contributed by atoms with van der Waals surface area (Å²) in [6.45, 7) is 4.09. The van der Waals surface area contributed by atoms with Crippen LogP contribution in [0.5, 0.6) is 5.75 Å². The summed E-state index contributed by atoms with van der Waals surface area (Å²) >= 11 is 0. The minimum absolute atomic E-state index is 0.140. The van der Waals surface area contributed by atoms with Gasteiger partial charge in [0.25, 0.3) is 5.91 Å². The van der Waals surface area contributed by atoms with E-state index in [0.29, 0.717) is 12.2 Å². The summed E-state index contributed by atoms with van der Waals surface area (Å²) in [6, 6.07) is 19.2. The standard InChI is InChI=1S/C21H23N3O2/c1-15-20(16(2)24(3)23-15)21(25)22-19(17-10-6-4-7-11-17)14-26-18-12-8-5-9-13-18/h4-13,19H,14H2,1-3H3,(H,22,25)/t19-/m1/s1. The lowest BCUT2D eigenvalue weighted by atomic mass is 10.1. The van der Waals surface area contributed by atoms with Gasteiger partial charge >= 0.3 is 0 Å². The summed E-state index contributed by atoms with van der Waals surface area (Å²) in [7, 11) is 1.84. The van der Waals surface area contributed by atoms with E-state index in [2.05, 4.69) is 10.4 Å². The predicted molar refractivity (Wildman–Crippen MR) is 101 cm³/mol. The number of amides is 1. The number of carbonyl (C=O) groups is 1. The van der Waals surface area contributed by atoms with Crippen LogP contribution in [0.4, 0.5) is 0 Å². The first-order chi connectivity index (χ1) is 12.6. The minimum Gasteiger partial charge on any atom is -0.491 e. The van der Waals surface area contributed by atoms with Crippen molar-refractivity contribution in [1.82, 2.24) is 15.1 Å². The second kappa shape index (κ2) is 7.87. The zero-order valence-electron chi connectivity index (χ0n) is 15.3. The van der Waals surface area contributed by atoms with E-state index >= 15 is 0 Å². The van der Waals surface area contributed by atoms with Gasteiger partial charge in [0, 0.05) is 12.7 Å². The molecule has 5 nitrogen and oxygen atoms in total. The quantitative estimate of drug-likeness (QED) is 0.740. The summed E-state index contributed by atoms with van der Waals surface area (Å²) in [5.41, 5.74) is 3.18. The molecular weight excluding hydrogens is 326 g/mol. The number of nitrogens with one attached hydrogen (secondary N) is 1. The number of aryl methyl sites for hydroxylation is 2. The second-order valence-electron chi connectivity index (χ2n) is 6.23. The highest BCUT2D eigenvalue weighted by molar-refractivity contribution is 5.96. The van der Waals surface area contributed by atoms with Gasteiger partial charge in [-0.2, -0.15) is 5.10 Å². The molecule has 1 N–H and O–H groups in total. The Bertz CT molecular complexity index is 873. The van der Waals surface area contributed by atoms with Gasteiger partial charge in [0.1, 0.15) is 12.4 Å². The zero-order chi connectivity index (χ0) is 18.5. The Hall–Kier alpha value is -3.08. The van der Waals surface area contributed by atoms with Crippen molar-refractivity contribution in [3.63, 3.8) is 0 Å². The fourth-order valence-corrected chi connectivity index (χ4v) is 2.94. The smallest absolute Gasteiger partial charge is 0.255 e. The summed E-state index contributed by atoms with van der Waals surface area (Å²) in [4.78, 5) is 12.9. The number of carbonyl (C=O) groups excluding carboxylic acids is 1. The maximum atomic E-state index is 12.9. The van der Waals surface area contributed by atoms with Crippen molar-refractivity contribution >= 4 is 5.91 Å². The van der Waals surface area contributed by atoms with Crippen molar-refractivity contribution in [3.05, 3.63) is 83.2 Å². The molecule has 1 atom stereocenters. The van der Waals surface area contributed by atoms with E-state index in [4.69, 9.17) is 4.74 Å². The first-order valence-electron chi connectivity index (χ1n) is 8.60. The van der Waals surface area contributed by atoms with E-state index in [0.717, 1.165) is 22.7 Å². The molecule has 0 aliphatic heterocycles. The molecule has 3 aromatic rings.